The molecule has 110 valence electrons. The molecule has 1 aliphatic carbocycles. The van der Waals surface area contributed by atoms with Crippen LogP contribution in [-0.4, -0.2) is 19.3 Å². The van der Waals surface area contributed by atoms with Crippen LogP contribution >= 0.6 is 0 Å². The zero-order valence-electron chi connectivity index (χ0n) is 12.2. The van der Waals surface area contributed by atoms with E-state index in [9.17, 15) is 0 Å². The van der Waals surface area contributed by atoms with Crippen LogP contribution in [0.3, 0.4) is 0 Å². The molecule has 2 atom stereocenters. The Bertz CT molecular complexity index is 429. The van der Waals surface area contributed by atoms with Crippen LogP contribution in [0, 0.1) is 5.92 Å². The Balaban J connectivity index is 1.72. The minimum absolute atomic E-state index is 0.402. The third-order valence-corrected chi connectivity index (χ3v) is 5.04. The fourth-order valence-electron chi connectivity index (χ4n) is 3.90. The molecule has 1 heterocycles. The molecule has 0 amide bonds. The van der Waals surface area contributed by atoms with E-state index < -0.39 is 0 Å². The summed E-state index contributed by atoms with van der Waals surface area (Å²) in [4.78, 5) is 0. The van der Waals surface area contributed by atoms with Crippen molar-refractivity contribution in [2.24, 2.45) is 11.8 Å². The summed E-state index contributed by atoms with van der Waals surface area (Å²) in [6, 6.07) is 9.31. The Morgan fingerprint density at radius 1 is 1.20 bits per heavy atom. The molecule has 0 saturated carbocycles. The lowest BCUT2D eigenvalue weighted by Gasteiger charge is -2.35. The molecule has 3 nitrogen and oxygen atoms in total. The maximum atomic E-state index is 5.90. The van der Waals surface area contributed by atoms with E-state index in [0.717, 1.165) is 19.1 Å². The van der Waals surface area contributed by atoms with Gasteiger partial charge in [0.2, 0.25) is 0 Å². The van der Waals surface area contributed by atoms with Crippen LogP contribution in [0.1, 0.15) is 49.1 Å². The zero-order valence-corrected chi connectivity index (χ0v) is 12.2. The number of rotatable bonds is 4. The fourth-order valence-corrected chi connectivity index (χ4v) is 3.90. The number of benzene rings is 1. The van der Waals surface area contributed by atoms with Crippen LogP contribution < -0.4 is 11.3 Å². The molecule has 0 bridgehead atoms. The first-order chi connectivity index (χ1) is 9.88. The Morgan fingerprint density at radius 2 is 2.00 bits per heavy atom. The van der Waals surface area contributed by atoms with Gasteiger partial charge in [0, 0.05) is 25.2 Å². The summed E-state index contributed by atoms with van der Waals surface area (Å²) < 4.78 is 5.46. The van der Waals surface area contributed by atoms with E-state index in [1.54, 1.807) is 0 Å². The average molecular weight is 274 g/mol. The van der Waals surface area contributed by atoms with Gasteiger partial charge in [-0.1, -0.05) is 24.3 Å². The Kier molecular flexibility index (Phi) is 4.71. The van der Waals surface area contributed by atoms with E-state index in [2.05, 4.69) is 29.7 Å². The van der Waals surface area contributed by atoms with Gasteiger partial charge in [0.25, 0.3) is 0 Å². The largest absolute Gasteiger partial charge is 0.381 e. The van der Waals surface area contributed by atoms with Crippen molar-refractivity contribution < 1.29 is 4.74 Å². The highest BCUT2D eigenvalue weighted by molar-refractivity contribution is 5.33. The highest BCUT2D eigenvalue weighted by Crippen LogP contribution is 2.36. The third-order valence-electron chi connectivity index (χ3n) is 5.04. The molecule has 1 aromatic rings. The maximum Gasteiger partial charge on any atom is 0.0468 e. The molecule has 0 spiro atoms. The van der Waals surface area contributed by atoms with Crippen LogP contribution in [0.5, 0.6) is 0 Å². The van der Waals surface area contributed by atoms with Gasteiger partial charge in [-0.3, -0.25) is 11.3 Å². The maximum absolute atomic E-state index is 5.90. The van der Waals surface area contributed by atoms with Crippen molar-refractivity contribution in [3.8, 4) is 0 Å². The summed E-state index contributed by atoms with van der Waals surface area (Å²) in [5.41, 5.74) is 6.17. The minimum Gasteiger partial charge on any atom is -0.381 e. The number of hydrazine groups is 1. The molecule has 3 heteroatoms. The average Bonchev–Trinajstić information content (AvgIpc) is 2.53. The molecule has 2 unspecified atom stereocenters. The molecule has 2 aliphatic rings. The van der Waals surface area contributed by atoms with Gasteiger partial charge in [-0.15, -0.1) is 0 Å². The molecule has 1 saturated heterocycles. The predicted octanol–water partition coefficient (Wildman–Crippen LogP) is 2.76. The van der Waals surface area contributed by atoms with Crippen LogP contribution in [0.2, 0.25) is 0 Å². The minimum atomic E-state index is 0.402. The molecular formula is C17H26N2O. The zero-order chi connectivity index (χ0) is 13.8. The first kappa shape index (κ1) is 14.1. The van der Waals surface area contributed by atoms with Crippen molar-refractivity contribution in [3.63, 3.8) is 0 Å². The summed E-state index contributed by atoms with van der Waals surface area (Å²) >= 11 is 0. The monoisotopic (exact) mass is 274 g/mol. The molecule has 0 radical (unpaired) electrons. The number of ether oxygens (including phenoxy) is 1. The van der Waals surface area contributed by atoms with E-state index >= 15 is 0 Å². The van der Waals surface area contributed by atoms with Crippen molar-refractivity contribution in [2.45, 2.75) is 50.5 Å². The molecule has 3 rings (SSSR count). The van der Waals surface area contributed by atoms with Crippen molar-refractivity contribution in [1.29, 1.82) is 0 Å². The van der Waals surface area contributed by atoms with Gasteiger partial charge < -0.3 is 4.74 Å². The number of nitrogens with one attached hydrogen (secondary N) is 1. The van der Waals surface area contributed by atoms with Gasteiger partial charge in [-0.05, 0) is 55.6 Å². The first-order valence-corrected chi connectivity index (χ1v) is 8.00. The van der Waals surface area contributed by atoms with Gasteiger partial charge in [0.1, 0.15) is 0 Å². The topological polar surface area (TPSA) is 47.3 Å². The molecule has 1 aromatic carbocycles. The van der Waals surface area contributed by atoms with E-state index in [1.165, 1.54) is 49.7 Å². The number of nitrogens with two attached hydrogens (primary N) is 1. The number of fused-ring (bicyclic) bond motifs is 1. The molecule has 1 aliphatic heterocycles. The van der Waals surface area contributed by atoms with Crippen LogP contribution in [0.4, 0.5) is 0 Å². The number of aryl methyl sites for hydroxylation is 1. The second kappa shape index (κ2) is 6.70. The second-order valence-electron chi connectivity index (χ2n) is 6.26. The normalized spacial score (nSPS) is 25.1. The van der Waals surface area contributed by atoms with Crippen molar-refractivity contribution in [2.75, 3.05) is 13.2 Å². The van der Waals surface area contributed by atoms with E-state index in [1.807, 2.05) is 0 Å². The Hall–Kier alpha value is -0.900. The third kappa shape index (κ3) is 3.05. The lowest BCUT2D eigenvalue weighted by molar-refractivity contribution is 0.0591. The molecule has 3 N–H and O–H groups in total. The van der Waals surface area contributed by atoms with E-state index in [4.69, 9.17) is 10.6 Å². The van der Waals surface area contributed by atoms with Crippen molar-refractivity contribution >= 4 is 0 Å². The van der Waals surface area contributed by atoms with Crippen molar-refractivity contribution in [3.05, 3.63) is 35.4 Å². The van der Waals surface area contributed by atoms with Crippen molar-refractivity contribution in [1.82, 2.24) is 5.43 Å². The number of hydrogen-bond donors (Lipinski definition) is 2. The smallest absolute Gasteiger partial charge is 0.0468 e. The second-order valence-corrected chi connectivity index (χ2v) is 6.26. The predicted molar refractivity (Wildman–Crippen MR) is 81.4 cm³/mol. The van der Waals surface area contributed by atoms with E-state index in [-0.39, 0.29) is 0 Å². The Morgan fingerprint density at radius 3 is 2.80 bits per heavy atom. The SMILES string of the molecule is NNC(CC1CCOCC1)C1CCCc2ccccc21. The van der Waals surface area contributed by atoms with Crippen LogP contribution in [0.25, 0.3) is 0 Å². The van der Waals surface area contributed by atoms with Gasteiger partial charge in [-0.25, -0.2) is 0 Å². The summed E-state index contributed by atoms with van der Waals surface area (Å²) in [5.74, 6) is 7.24. The van der Waals surface area contributed by atoms with Gasteiger partial charge >= 0.3 is 0 Å². The lowest BCUT2D eigenvalue weighted by Crippen LogP contribution is -2.42. The quantitative estimate of drug-likeness (QED) is 0.655. The summed E-state index contributed by atoms with van der Waals surface area (Å²) in [6.07, 6.45) is 7.32. The fraction of sp³-hybridized carbons (Fsp3) is 0.647. The lowest BCUT2D eigenvalue weighted by atomic mass is 9.76. The van der Waals surface area contributed by atoms with Crippen LogP contribution in [-0.2, 0) is 11.2 Å². The molecule has 0 aromatic heterocycles. The van der Waals surface area contributed by atoms with Gasteiger partial charge in [-0.2, -0.15) is 0 Å². The highest BCUT2D eigenvalue weighted by atomic mass is 16.5. The standard InChI is InChI=1S/C17H26N2O/c18-19-17(12-13-8-10-20-11-9-13)16-7-3-5-14-4-1-2-6-15(14)16/h1-2,4,6,13,16-17,19H,3,5,7-12,18H2. The van der Waals surface area contributed by atoms with Gasteiger partial charge in [0.05, 0.1) is 0 Å². The van der Waals surface area contributed by atoms with Gasteiger partial charge in [0.15, 0.2) is 0 Å². The highest BCUT2D eigenvalue weighted by Gasteiger charge is 2.29. The molecule has 20 heavy (non-hydrogen) atoms. The number of hydrogen-bond acceptors (Lipinski definition) is 3. The molecule has 1 fully saturated rings. The molecular weight excluding hydrogens is 248 g/mol. The Labute approximate surface area is 121 Å². The first-order valence-electron chi connectivity index (χ1n) is 8.00. The summed E-state index contributed by atoms with van der Waals surface area (Å²) in [5, 5.41) is 0. The van der Waals surface area contributed by atoms with Crippen LogP contribution in [0.15, 0.2) is 24.3 Å². The summed E-state index contributed by atoms with van der Waals surface area (Å²) in [6.45, 7) is 1.84. The summed E-state index contributed by atoms with van der Waals surface area (Å²) in [7, 11) is 0. The van der Waals surface area contributed by atoms with E-state index in [0.29, 0.717) is 12.0 Å².